The number of para-hydroxylation sites is 1. The first-order valence-corrected chi connectivity index (χ1v) is 10.6. The topological polar surface area (TPSA) is 80.6 Å². The van der Waals surface area contributed by atoms with E-state index in [0.717, 1.165) is 44.8 Å². The number of pyridine rings is 1. The molecule has 2 aromatic heterocycles. The number of rotatable bonds is 8. The number of fused-ring (bicyclic) bond motifs is 1. The molecule has 3 heterocycles. The average Bonchev–Trinajstić information content (AvgIpc) is 2.82. The van der Waals surface area contributed by atoms with Gasteiger partial charge in [-0.3, -0.25) is 24.2 Å². The molecule has 31 heavy (non-hydrogen) atoms. The Morgan fingerprint density at radius 3 is 2.68 bits per heavy atom. The first-order chi connectivity index (χ1) is 15.2. The first-order valence-electron chi connectivity index (χ1n) is 10.6. The van der Waals surface area contributed by atoms with Crippen molar-refractivity contribution >= 4 is 16.8 Å². The highest BCUT2D eigenvalue weighted by Gasteiger charge is 2.17. The molecule has 162 valence electrons. The molecule has 0 bridgehead atoms. The van der Waals surface area contributed by atoms with Crippen LogP contribution in [0.15, 0.2) is 59.8 Å². The second-order valence-electron chi connectivity index (χ2n) is 7.66. The Morgan fingerprint density at radius 2 is 1.87 bits per heavy atom. The lowest BCUT2D eigenvalue weighted by molar-refractivity contribution is -0.132. The highest BCUT2D eigenvalue weighted by Crippen LogP contribution is 2.11. The monoisotopic (exact) mass is 421 g/mol. The number of hydrogen-bond donors (Lipinski definition) is 0. The fourth-order valence-corrected chi connectivity index (χ4v) is 3.83. The molecule has 0 unspecified atom stereocenters. The van der Waals surface area contributed by atoms with E-state index in [2.05, 4.69) is 15.0 Å². The van der Waals surface area contributed by atoms with Crippen molar-refractivity contribution in [3.05, 3.63) is 70.8 Å². The van der Waals surface area contributed by atoms with Gasteiger partial charge in [-0.25, -0.2) is 0 Å². The number of amides is 1. The second kappa shape index (κ2) is 10.3. The van der Waals surface area contributed by atoms with Crippen LogP contribution in [-0.4, -0.2) is 69.9 Å². The molecule has 1 amide bonds. The number of benzene rings is 1. The number of ether oxygens (including phenoxy) is 1. The molecule has 0 aliphatic carbocycles. The van der Waals surface area contributed by atoms with E-state index in [1.54, 1.807) is 23.1 Å². The lowest BCUT2D eigenvalue weighted by atomic mass is 10.2. The van der Waals surface area contributed by atoms with Gasteiger partial charge in [-0.1, -0.05) is 12.1 Å². The molecule has 1 aliphatic heterocycles. The predicted molar refractivity (Wildman–Crippen MR) is 118 cm³/mol. The van der Waals surface area contributed by atoms with Crippen LogP contribution in [0.25, 0.3) is 10.9 Å². The fraction of sp³-hybridized carbons (Fsp3) is 0.391. The molecule has 1 fully saturated rings. The van der Waals surface area contributed by atoms with E-state index < -0.39 is 0 Å². The number of nitrogens with zero attached hydrogens (tertiary/aromatic N) is 5. The smallest absolute Gasteiger partial charge is 0.244 e. The van der Waals surface area contributed by atoms with Crippen LogP contribution in [0.2, 0.25) is 0 Å². The van der Waals surface area contributed by atoms with E-state index >= 15 is 0 Å². The zero-order valence-electron chi connectivity index (χ0n) is 17.5. The molecule has 4 rings (SSSR count). The fourth-order valence-electron chi connectivity index (χ4n) is 3.83. The maximum atomic E-state index is 13.3. The van der Waals surface area contributed by atoms with Gasteiger partial charge < -0.3 is 9.64 Å². The zero-order chi connectivity index (χ0) is 21.5. The van der Waals surface area contributed by atoms with Gasteiger partial charge in [0.05, 0.1) is 24.9 Å². The van der Waals surface area contributed by atoms with Gasteiger partial charge in [-0.05, 0) is 36.2 Å². The summed E-state index contributed by atoms with van der Waals surface area (Å²) in [6.07, 6.45) is 5.64. The van der Waals surface area contributed by atoms with Crippen LogP contribution >= 0.6 is 0 Å². The van der Waals surface area contributed by atoms with Gasteiger partial charge in [-0.2, -0.15) is 5.10 Å². The standard InChI is InChI=1S/C23H27N5O3/c29-22-16-25-28(21-5-2-1-4-20(21)22)18-23(30)27(17-19-6-8-24-9-7-19)11-3-10-26-12-14-31-15-13-26/h1-2,4-9,16H,3,10-15,17-18H2. The molecule has 0 saturated carbocycles. The third-order valence-electron chi connectivity index (χ3n) is 5.53. The highest BCUT2D eigenvalue weighted by atomic mass is 16.5. The minimum Gasteiger partial charge on any atom is -0.379 e. The van der Waals surface area contributed by atoms with E-state index in [9.17, 15) is 9.59 Å². The Labute approximate surface area is 181 Å². The lowest BCUT2D eigenvalue weighted by Crippen LogP contribution is -2.39. The van der Waals surface area contributed by atoms with E-state index in [0.29, 0.717) is 24.0 Å². The van der Waals surface area contributed by atoms with Gasteiger partial charge in [0.25, 0.3) is 0 Å². The number of hydrogen-bond acceptors (Lipinski definition) is 6. The zero-order valence-corrected chi connectivity index (χ0v) is 17.5. The van der Waals surface area contributed by atoms with Crippen LogP contribution in [0, 0.1) is 0 Å². The molecule has 8 nitrogen and oxygen atoms in total. The summed E-state index contributed by atoms with van der Waals surface area (Å²) in [4.78, 5) is 33.7. The lowest BCUT2D eigenvalue weighted by Gasteiger charge is -2.28. The van der Waals surface area contributed by atoms with E-state index in [1.807, 2.05) is 35.2 Å². The largest absolute Gasteiger partial charge is 0.379 e. The summed E-state index contributed by atoms with van der Waals surface area (Å²) >= 11 is 0. The molecule has 0 radical (unpaired) electrons. The summed E-state index contributed by atoms with van der Waals surface area (Å²) in [6, 6.07) is 11.1. The molecule has 1 aliphatic rings. The quantitative estimate of drug-likeness (QED) is 0.549. The normalized spacial score (nSPS) is 14.6. The third kappa shape index (κ3) is 5.53. The van der Waals surface area contributed by atoms with Gasteiger partial charge in [0.15, 0.2) is 0 Å². The summed E-state index contributed by atoms with van der Waals surface area (Å²) in [5, 5.41) is 4.78. The van der Waals surface area contributed by atoms with Crippen molar-refractivity contribution in [3.63, 3.8) is 0 Å². The molecule has 8 heteroatoms. The maximum absolute atomic E-state index is 13.3. The summed E-state index contributed by atoms with van der Waals surface area (Å²) < 4.78 is 7.02. The van der Waals surface area contributed by atoms with Gasteiger partial charge in [0.2, 0.25) is 11.3 Å². The Morgan fingerprint density at radius 1 is 1.10 bits per heavy atom. The molecule has 0 spiro atoms. The van der Waals surface area contributed by atoms with E-state index in [1.165, 1.54) is 6.20 Å². The summed E-state index contributed by atoms with van der Waals surface area (Å²) in [7, 11) is 0. The van der Waals surface area contributed by atoms with Crippen LogP contribution in [-0.2, 0) is 22.6 Å². The second-order valence-corrected chi connectivity index (χ2v) is 7.66. The van der Waals surface area contributed by atoms with Crippen LogP contribution in [0.5, 0.6) is 0 Å². The van der Waals surface area contributed by atoms with Gasteiger partial charge >= 0.3 is 0 Å². The number of aromatic nitrogens is 3. The predicted octanol–water partition coefficient (Wildman–Crippen LogP) is 1.54. The average molecular weight is 422 g/mol. The highest BCUT2D eigenvalue weighted by molar-refractivity contribution is 5.81. The summed E-state index contributed by atoms with van der Waals surface area (Å²) in [5.41, 5.74) is 1.56. The Balaban J connectivity index is 1.48. The van der Waals surface area contributed by atoms with Crippen molar-refractivity contribution in [2.24, 2.45) is 0 Å². The van der Waals surface area contributed by atoms with Gasteiger partial charge in [0.1, 0.15) is 6.54 Å². The van der Waals surface area contributed by atoms with Gasteiger partial charge in [-0.15, -0.1) is 0 Å². The summed E-state index contributed by atoms with van der Waals surface area (Å²) in [6.45, 7) is 5.60. The minimum atomic E-state index is -0.140. The Bertz CT molecular complexity index is 1060. The molecule has 0 N–H and O–H groups in total. The third-order valence-corrected chi connectivity index (χ3v) is 5.53. The number of morpholine rings is 1. The number of carbonyl (C=O) groups is 1. The van der Waals surface area contributed by atoms with Crippen LogP contribution in [0.1, 0.15) is 12.0 Å². The SMILES string of the molecule is O=C(Cn1ncc(=O)c2ccccc21)N(CCCN1CCOCC1)Cc1ccncc1. The van der Waals surface area contributed by atoms with Crippen molar-refractivity contribution in [2.45, 2.75) is 19.5 Å². The van der Waals surface area contributed by atoms with E-state index in [-0.39, 0.29) is 17.9 Å². The van der Waals surface area contributed by atoms with Crippen molar-refractivity contribution < 1.29 is 9.53 Å². The van der Waals surface area contributed by atoms with Gasteiger partial charge in [0, 0.05) is 50.5 Å². The van der Waals surface area contributed by atoms with Crippen molar-refractivity contribution in [1.82, 2.24) is 24.6 Å². The van der Waals surface area contributed by atoms with Crippen LogP contribution in [0.4, 0.5) is 0 Å². The minimum absolute atomic E-state index is 0.0277. The maximum Gasteiger partial charge on any atom is 0.244 e. The molecular formula is C23H27N5O3. The van der Waals surface area contributed by atoms with Crippen LogP contribution < -0.4 is 5.43 Å². The Kier molecular flexibility index (Phi) is 7.01. The molecular weight excluding hydrogens is 394 g/mol. The van der Waals surface area contributed by atoms with Crippen molar-refractivity contribution in [2.75, 3.05) is 39.4 Å². The van der Waals surface area contributed by atoms with E-state index in [4.69, 9.17) is 4.74 Å². The Hall–Kier alpha value is -3.10. The molecule has 1 saturated heterocycles. The summed E-state index contributed by atoms with van der Waals surface area (Å²) in [5.74, 6) is -0.0277. The van der Waals surface area contributed by atoms with Crippen molar-refractivity contribution in [1.29, 1.82) is 0 Å². The first kappa shape index (κ1) is 21.1. The van der Waals surface area contributed by atoms with Crippen molar-refractivity contribution in [3.8, 4) is 0 Å². The molecule has 1 aromatic carbocycles. The molecule has 0 atom stereocenters. The number of carbonyl (C=O) groups excluding carboxylic acids is 1. The molecule has 3 aromatic rings. The van der Waals surface area contributed by atoms with Crippen LogP contribution in [0.3, 0.4) is 0 Å².